The fraction of sp³-hybridized carbons (Fsp3) is 0.400. The Bertz CT molecular complexity index is 907. The maximum absolute atomic E-state index is 12.4. The van der Waals surface area contributed by atoms with Crippen LogP contribution in [-0.2, 0) is 0 Å². The minimum Gasteiger partial charge on any atom is -0.389 e. The molecule has 1 saturated carbocycles. The lowest BCUT2D eigenvalue weighted by atomic mass is 10.1. The minimum absolute atomic E-state index is 0.145. The third-order valence-corrected chi connectivity index (χ3v) is 4.76. The second-order valence-electron chi connectivity index (χ2n) is 6.08. The maximum atomic E-state index is 12.4. The Labute approximate surface area is 142 Å². The molecular weight excluding hydrogens is 326 g/mol. The number of nitrogen functional groups attached to an aromatic ring is 1. The molecule has 1 aliphatic carbocycles. The summed E-state index contributed by atoms with van der Waals surface area (Å²) in [6.07, 6.45) is 4.93. The van der Waals surface area contributed by atoms with Crippen LogP contribution in [-0.4, -0.2) is 59.8 Å². The van der Waals surface area contributed by atoms with Crippen molar-refractivity contribution in [3.63, 3.8) is 0 Å². The predicted octanol–water partition coefficient (Wildman–Crippen LogP) is 0.233. The number of carbonyl (C=O) groups is 1. The molecule has 1 amide bonds. The monoisotopic (exact) mass is 343 g/mol. The lowest BCUT2D eigenvalue weighted by Gasteiger charge is -2.28. The van der Waals surface area contributed by atoms with Crippen LogP contribution in [0.3, 0.4) is 0 Å². The van der Waals surface area contributed by atoms with Crippen LogP contribution in [0.5, 0.6) is 0 Å². The van der Waals surface area contributed by atoms with Crippen molar-refractivity contribution in [1.29, 1.82) is 0 Å². The van der Waals surface area contributed by atoms with Crippen LogP contribution >= 0.6 is 0 Å². The zero-order chi connectivity index (χ0) is 17.6. The molecule has 1 aliphatic rings. The van der Waals surface area contributed by atoms with Gasteiger partial charge in [-0.2, -0.15) is 0 Å². The summed E-state index contributed by atoms with van der Waals surface area (Å²) in [6.45, 7) is 0. The normalized spacial score (nSPS) is 23.2. The van der Waals surface area contributed by atoms with Gasteiger partial charge < -0.3 is 24.8 Å². The number of anilines is 1. The molecule has 0 aliphatic heterocycles. The first-order valence-corrected chi connectivity index (χ1v) is 7.87. The highest BCUT2D eigenvalue weighted by Crippen LogP contribution is 2.35. The van der Waals surface area contributed by atoms with Gasteiger partial charge in [0.1, 0.15) is 11.8 Å². The van der Waals surface area contributed by atoms with Crippen molar-refractivity contribution in [3.8, 4) is 0 Å². The van der Waals surface area contributed by atoms with Crippen molar-refractivity contribution in [2.75, 3.05) is 12.8 Å². The molecule has 1 fully saturated rings. The molecule has 3 aromatic heterocycles. The molecule has 0 radical (unpaired) electrons. The maximum Gasteiger partial charge on any atom is 0.292 e. The highest BCUT2D eigenvalue weighted by Gasteiger charge is 2.41. The Hall–Kier alpha value is -3.01. The average molecular weight is 343 g/mol. The number of likely N-dealkylation sites (N-methyl/N-ethyl adjacent to an activating group) is 1. The number of nitrogens with two attached hydrogens (primary N) is 1. The van der Waals surface area contributed by atoms with Crippen LogP contribution in [0.15, 0.2) is 29.4 Å². The van der Waals surface area contributed by atoms with Crippen molar-refractivity contribution in [3.05, 3.63) is 30.7 Å². The quantitative estimate of drug-likeness (QED) is 0.690. The number of nitrogens with zero attached hydrogens (tertiary/aromatic N) is 6. The highest BCUT2D eigenvalue weighted by molar-refractivity contribution is 5.91. The van der Waals surface area contributed by atoms with Gasteiger partial charge in [-0.25, -0.2) is 15.0 Å². The lowest BCUT2D eigenvalue weighted by Crippen LogP contribution is -2.43. The summed E-state index contributed by atoms with van der Waals surface area (Å²) < 4.78 is 6.71. The second kappa shape index (κ2) is 5.81. The van der Waals surface area contributed by atoms with Gasteiger partial charge >= 0.3 is 0 Å². The fourth-order valence-electron chi connectivity index (χ4n) is 3.43. The van der Waals surface area contributed by atoms with Crippen molar-refractivity contribution in [1.82, 2.24) is 29.6 Å². The third-order valence-electron chi connectivity index (χ3n) is 4.76. The number of aromatic nitrogens is 5. The van der Waals surface area contributed by atoms with Crippen LogP contribution in [0.2, 0.25) is 0 Å². The molecule has 0 unspecified atom stereocenters. The molecular formula is C15H17N7O3. The van der Waals surface area contributed by atoms with Crippen molar-refractivity contribution < 1.29 is 14.4 Å². The summed E-state index contributed by atoms with van der Waals surface area (Å²) in [5, 5.41) is 14.3. The Balaban J connectivity index is 1.60. The van der Waals surface area contributed by atoms with Gasteiger partial charge in [-0.1, -0.05) is 5.16 Å². The zero-order valence-electron chi connectivity index (χ0n) is 13.5. The van der Waals surface area contributed by atoms with Gasteiger partial charge in [0.15, 0.2) is 11.5 Å². The van der Waals surface area contributed by atoms with E-state index < -0.39 is 6.10 Å². The standard InChI is InChI=1S/C15H17N7O3/c1-21(15(24)10-4-5-20-25-10)8-2-3-9(12(8)23)22-7-19-11-13(16)17-6-18-14(11)22/h4-9,12,23H,2-3H2,1H3,(H2,16,17,18)/t8-,9+,12+/m1/s1. The minimum atomic E-state index is -0.773. The number of carbonyl (C=O) groups excluding carboxylic acids is 1. The van der Waals surface area contributed by atoms with Crippen LogP contribution in [0.25, 0.3) is 11.2 Å². The highest BCUT2D eigenvalue weighted by atomic mass is 16.5. The molecule has 3 heterocycles. The smallest absolute Gasteiger partial charge is 0.292 e. The van der Waals surface area contributed by atoms with Gasteiger partial charge in [0.05, 0.1) is 30.7 Å². The third kappa shape index (κ3) is 2.41. The van der Waals surface area contributed by atoms with E-state index in [1.165, 1.54) is 23.5 Å². The Morgan fingerprint density at radius 2 is 2.24 bits per heavy atom. The molecule has 0 aromatic carbocycles. The molecule has 4 rings (SSSR count). The molecule has 10 nitrogen and oxygen atoms in total. The summed E-state index contributed by atoms with van der Waals surface area (Å²) in [5.74, 6) is 0.126. The van der Waals surface area contributed by atoms with Crippen LogP contribution in [0.1, 0.15) is 29.4 Å². The molecule has 3 N–H and O–H groups in total. The summed E-state index contributed by atoms with van der Waals surface area (Å²) in [7, 11) is 1.65. The number of aliphatic hydroxyl groups is 1. The van der Waals surface area contributed by atoms with E-state index in [1.807, 2.05) is 0 Å². The fourth-order valence-corrected chi connectivity index (χ4v) is 3.43. The average Bonchev–Trinajstić information content (AvgIpc) is 3.33. The number of hydrogen-bond acceptors (Lipinski definition) is 8. The zero-order valence-corrected chi connectivity index (χ0v) is 13.5. The number of aliphatic hydroxyl groups excluding tert-OH is 1. The van der Waals surface area contributed by atoms with E-state index in [9.17, 15) is 9.90 Å². The number of amides is 1. The molecule has 130 valence electrons. The van der Waals surface area contributed by atoms with Gasteiger partial charge in [0.25, 0.3) is 5.91 Å². The van der Waals surface area contributed by atoms with Gasteiger partial charge in [-0.15, -0.1) is 0 Å². The van der Waals surface area contributed by atoms with E-state index in [2.05, 4.69) is 20.1 Å². The van der Waals surface area contributed by atoms with Gasteiger partial charge in [-0.05, 0) is 12.8 Å². The first-order valence-electron chi connectivity index (χ1n) is 7.87. The molecule has 0 saturated heterocycles. The van der Waals surface area contributed by atoms with Crippen molar-refractivity contribution in [2.24, 2.45) is 0 Å². The molecule has 0 spiro atoms. The SMILES string of the molecule is CN(C(=O)c1ccno1)[C@@H]1CC[C@H](n2cnc3c(N)ncnc32)[C@H]1O. The Morgan fingerprint density at radius 3 is 3.00 bits per heavy atom. The van der Waals surface area contributed by atoms with E-state index in [0.29, 0.717) is 29.8 Å². The van der Waals surface area contributed by atoms with Gasteiger partial charge in [-0.3, -0.25) is 4.79 Å². The van der Waals surface area contributed by atoms with Crippen LogP contribution in [0.4, 0.5) is 5.82 Å². The van der Waals surface area contributed by atoms with Crippen LogP contribution < -0.4 is 5.73 Å². The van der Waals surface area contributed by atoms with Crippen molar-refractivity contribution >= 4 is 22.9 Å². The number of rotatable bonds is 3. The Morgan fingerprint density at radius 1 is 1.40 bits per heavy atom. The van der Waals surface area contributed by atoms with Gasteiger partial charge in [0.2, 0.25) is 5.76 Å². The second-order valence-corrected chi connectivity index (χ2v) is 6.08. The molecule has 10 heteroatoms. The number of fused-ring (bicyclic) bond motifs is 1. The molecule has 3 aromatic rings. The van der Waals surface area contributed by atoms with E-state index in [1.54, 1.807) is 17.9 Å². The summed E-state index contributed by atoms with van der Waals surface area (Å²) in [4.78, 5) is 26.3. The number of hydrogen-bond donors (Lipinski definition) is 2. The summed E-state index contributed by atoms with van der Waals surface area (Å²) in [6, 6.07) is 0.897. The molecule has 0 bridgehead atoms. The predicted molar refractivity (Wildman–Crippen MR) is 86.4 cm³/mol. The van der Waals surface area contributed by atoms with Crippen molar-refractivity contribution in [2.45, 2.75) is 31.0 Å². The van der Waals surface area contributed by atoms with Gasteiger partial charge in [0, 0.05) is 13.1 Å². The van der Waals surface area contributed by atoms with E-state index in [0.717, 1.165) is 0 Å². The first kappa shape index (κ1) is 15.5. The largest absolute Gasteiger partial charge is 0.389 e. The molecule has 25 heavy (non-hydrogen) atoms. The van der Waals surface area contributed by atoms with E-state index >= 15 is 0 Å². The van der Waals surface area contributed by atoms with E-state index in [4.69, 9.17) is 10.3 Å². The van der Waals surface area contributed by atoms with E-state index in [-0.39, 0.29) is 23.8 Å². The van der Waals surface area contributed by atoms with Crippen LogP contribution in [0, 0.1) is 0 Å². The lowest BCUT2D eigenvalue weighted by molar-refractivity contribution is 0.0417. The topological polar surface area (TPSA) is 136 Å². The summed E-state index contributed by atoms with van der Waals surface area (Å²) in [5.41, 5.74) is 6.89. The Kier molecular flexibility index (Phi) is 3.61. The molecule has 3 atom stereocenters. The first-order chi connectivity index (χ1) is 12.1. The number of imidazole rings is 1. The summed E-state index contributed by atoms with van der Waals surface area (Å²) >= 11 is 0.